The van der Waals surface area contributed by atoms with Gasteiger partial charge >= 0.3 is 59.7 Å². The smallest absolute Gasteiger partial charge is 0.323 e. The van der Waals surface area contributed by atoms with Gasteiger partial charge in [0, 0.05) is 17.9 Å². The first-order valence-corrected chi connectivity index (χ1v) is 21.0. The van der Waals surface area contributed by atoms with Crippen LogP contribution in [0.2, 0.25) is 0 Å². The van der Waals surface area contributed by atoms with E-state index in [4.69, 9.17) is 101 Å². The van der Waals surface area contributed by atoms with E-state index in [0.29, 0.717) is 0 Å². The molecule has 33 heteroatoms. The van der Waals surface area contributed by atoms with Gasteiger partial charge in [0.05, 0.1) is 19.3 Å². The molecular weight excluding hydrogens is 939 g/mol. The van der Waals surface area contributed by atoms with Gasteiger partial charge in [0.2, 0.25) is 0 Å². The molecule has 0 aromatic carbocycles. The second kappa shape index (κ2) is 46.5. The molecule has 1 rings (SSSR count). The van der Waals surface area contributed by atoms with Crippen molar-refractivity contribution in [3.8, 4) is 0 Å². The van der Waals surface area contributed by atoms with Crippen LogP contribution in [-0.2, 0) is 47.9 Å². The number of carboxylic acid groups (broad SMARTS) is 10. The molecule has 0 radical (unpaired) electrons. The van der Waals surface area contributed by atoms with Crippen molar-refractivity contribution in [1.82, 2.24) is 5.32 Å². The van der Waals surface area contributed by atoms with E-state index in [1.54, 1.807) is 13.8 Å². The minimum Gasteiger partial charge on any atom is -0.481 e. The fourth-order valence-corrected chi connectivity index (χ4v) is 4.48. The summed E-state index contributed by atoms with van der Waals surface area (Å²) < 4.78 is 0. The zero-order valence-electron chi connectivity index (χ0n) is 36.5. The largest absolute Gasteiger partial charge is 0.481 e. The Kier molecular flexibility index (Phi) is 53.0. The average molecular weight is 1010 g/mol. The molecule has 0 bridgehead atoms. The molecule has 31 nitrogen and oxygen atoms in total. The van der Waals surface area contributed by atoms with Gasteiger partial charge in [-0.1, -0.05) is 35.4 Å². The zero-order valence-corrected chi connectivity index (χ0v) is 38.2. The Morgan fingerprint density at radius 2 is 0.909 bits per heavy atom. The summed E-state index contributed by atoms with van der Waals surface area (Å²) in [7, 11) is 2.41. The Morgan fingerprint density at radius 3 is 1.03 bits per heavy atom. The maximum Gasteiger partial charge on any atom is 0.323 e. The highest BCUT2D eigenvalue weighted by atomic mass is 33.1. The number of carboxylic acids is 10. The molecule has 0 aliphatic carbocycles. The van der Waals surface area contributed by atoms with E-state index in [2.05, 4.69) is 11.1 Å². The predicted octanol–water partition coefficient (Wildman–Crippen LogP) is -6.05. The summed E-state index contributed by atoms with van der Waals surface area (Å²) in [5.74, 6) is -9.80. The molecule has 0 aromatic heterocycles. The maximum atomic E-state index is 10.3. The van der Waals surface area contributed by atoms with Gasteiger partial charge < -0.3 is 112 Å². The minimum atomic E-state index is -1.18. The minimum absolute atomic E-state index is 0.0208. The van der Waals surface area contributed by atoms with E-state index >= 15 is 0 Å². The van der Waals surface area contributed by atoms with E-state index in [1.807, 2.05) is 0 Å². The van der Waals surface area contributed by atoms with Crippen LogP contribution < -0.4 is 51.2 Å². The molecule has 66 heavy (non-hydrogen) atoms. The summed E-state index contributed by atoms with van der Waals surface area (Å²) >= 11 is 0. The highest BCUT2D eigenvalue weighted by Gasteiger charge is 2.20. The molecule has 390 valence electrons. The van der Waals surface area contributed by atoms with Crippen molar-refractivity contribution >= 4 is 81.3 Å². The quantitative estimate of drug-likeness (QED) is 0.0399. The monoisotopic (exact) mass is 1010 g/mol. The van der Waals surface area contributed by atoms with E-state index in [-0.39, 0.29) is 42.9 Å². The molecular formula is C33H69N9O22S2. The van der Waals surface area contributed by atoms with Gasteiger partial charge in [-0.15, -0.1) is 0 Å². The van der Waals surface area contributed by atoms with E-state index < -0.39 is 115 Å². The van der Waals surface area contributed by atoms with Crippen molar-refractivity contribution in [2.24, 2.45) is 51.8 Å². The van der Waals surface area contributed by atoms with Crippen LogP contribution in [0.5, 0.6) is 0 Å². The van der Waals surface area contributed by atoms with Crippen molar-refractivity contribution in [3.63, 3.8) is 0 Å². The first-order chi connectivity index (χ1) is 30.0. The molecule has 9 atom stereocenters. The van der Waals surface area contributed by atoms with Crippen LogP contribution in [-0.4, -0.2) is 207 Å². The van der Waals surface area contributed by atoms with Crippen molar-refractivity contribution < 1.29 is 109 Å². The molecule has 0 amide bonds. The van der Waals surface area contributed by atoms with Gasteiger partial charge in [-0.2, -0.15) is 0 Å². The number of hydrogen-bond donors (Lipinski definition) is 21. The van der Waals surface area contributed by atoms with Crippen molar-refractivity contribution in [1.29, 1.82) is 0 Å². The number of nitrogens with two attached hydrogens (primary N) is 8. The van der Waals surface area contributed by atoms with E-state index in [1.165, 1.54) is 35.4 Å². The maximum absolute atomic E-state index is 10.3. The highest BCUT2D eigenvalue weighted by Crippen LogP contribution is 2.22. The molecule has 1 aliphatic rings. The number of rotatable bonds is 20. The van der Waals surface area contributed by atoms with Gasteiger partial charge in [-0.05, 0) is 45.6 Å². The molecule has 29 N–H and O–H groups in total. The van der Waals surface area contributed by atoms with Gasteiger partial charge in [0.25, 0.3) is 0 Å². The number of aliphatic hydroxyl groups is 2. The molecule has 1 fully saturated rings. The third-order valence-electron chi connectivity index (χ3n) is 6.44. The summed E-state index contributed by atoms with van der Waals surface area (Å²) in [6, 6.07) is -6.90. The normalized spacial score (nSPS) is 15.5. The predicted molar refractivity (Wildman–Crippen MR) is 236 cm³/mol. The van der Waals surface area contributed by atoms with Crippen molar-refractivity contribution in [3.05, 3.63) is 0 Å². The standard InChI is InChI=1S/C6H12N2O4S2.C5H9NO4.C5H9NO2.C5H11NO2.C4H9NO3.C3H7NO3.C3H7NO2.C2H5NO2/c7-3(5(9)10)1-13-14-2-4(8)6(11)12;6-3(5(9)10)1-2-4(7)8;7-5(8)4-2-1-3-6-4;1-3(2)4(6)5(7)8;1-2(6)3(5)4(7)8;4-2(1-5)3(6)7;1-2(4)3(5)6;3-1-2(4)5/h3-4H,1-2,7-8H2,(H,9,10)(H,11,12);3H,1-2,6H2,(H,7,8)(H,9,10);4,6H,1-3H2,(H,7,8);3-4H,6H2,1-2H3,(H,7,8);2-3,6H,5H2,1H3,(H,7,8);2,5H,1,4H2,(H,6,7);2H,4H2,1H3,(H,5,6);1,3H2,(H,4,5)/t;;4-;;;;;/m..0...../s1. The van der Waals surface area contributed by atoms with Crippen molar-refractivity contribution in [2.75, 3.05) is 31.2 Å². The number of aliphatic hydroxyl groups excluding tert-OH is 2. The lowest BCUT2D eigenvalue weighted by atomic mass is 10.1. The topological polar surface area (TPSA) is 634 Å². The lowest BCUT2D eigenvalue weighted by Crippen LogP contribution is -2.39. The summed E-state index contributed by atoms with van der Waals surface area (Å²) in [4.78, 5) is 98.9. The molecule has 0 spiro atoms. The average Bonchev–Trinajstić information content (AvgIpc) is 3.77. The van der Waals surface area contributed by atoms with Crippen LogP contribution in [0.3, 0.4) is 0 Å². The van der Waals surface area contributed by atoms with Crippen molar-refractivity contribution in [2.45, 2.75) is 108 Å². The van der Waals surface area contributed by atoms with E-state index in [9.17, 15) is 47.9 Å². The fraction of sp³-hybridized carbons (Fsp3) is 0.697. The summed E-state index contributed by atoms with van der Waals surface area (Å²) in [5.41, 5.74) is 39.7. The number of nitrogens with one attached hydrogen (secondary N) is 1. The Hall–Kier alpha value is -5.04. The van der Waals surface area contributed by atoms with E-state index in [0.717, 1.165) is 19.4 Å². The van der Waals surface area contributed by atoms with Crippen LogP contribution in [0.1, 0.15) is 53.4 Å². The van der Waals surface area contributed by atoms with Crippen LogP contribution in [0.25, 0.3) is 0 Å². The Labute approximate surface area is 386 Å². The van der Waals surface area contributed by atoms with Gasteiger partial charge in [0.1, 0.15) is 48.3 Å². The van der Waals surface area contributed by atoms with Crippen LogP contribution in [0.4, 0.5) is 0 Å². The Bertz CT molecular complexity index is 1350. The third-order valence-corrected chi connectivity index (χ3v) is 8.92. The van der Waals surface area contributed by atoms with Crippen LogP contribution >= 0.6 is 21.6 Å². The number of hydrogen-bond acceptors (Lipinski definition) is 23. The van der Waals surface area contributed by atoms with Gasteiger partial charge in [-0.3, -0.25) is 47.9 Å². The summed E-state index contributed by atoms with van der Waals surface area (Å²) in [5, 5.41) is 100. The molecule has 1 aliphatic heterocycles. The second-order valence-corrected chi connectivity index (χ2v) is 15.4. The fourth-order valence-electron chi connectivity index (χ4n) is 2.25. The molecule has 1 heterocycles. The number of aliphatic carboxylic acids is 10. The summed E-state index contributed by atoms with van der Waals surface area (Å²) in [6.07, 6.45) is 0.581. The molecule has 1 saturated heterocycles. The third kappa shape index (κ3) is 59.0. The first kappa shape index (κ1) is 75.3. The number of carbonyl (C=O) groups is 10. The lowest BCUT2D eigenvalue weighted by molar-refractivity contribution is -0.141. The van der Waals surface area contributed by atoms with Crippen LogP contribution in [0.15, 0.2) is 0 Å². The lowest BCUT2D eigenvalue weighted by Gasteiger charge is -2.07. The summed E-state index contributed by atoms with van der Waals surface area (Å²) in [6.45, 7) is 6.38. The zero-order chi connectivity index (χ0) is 54.0. The Morgan fingerprint density at radius 1 is 0.561 bits per heavy atom. The Balaban J connectivity index is -0.000000123. The first-order valence-electron chi connectivity index (χ1n) is 18.5. The SMILES string of the molecule is CC(C)C(N)C(=O)O.CC(N)C(=O)O.CC(O)C(N)C(=O)O.NC(CCC(=O)O)C(=O)O.NC(CO)C(=O)O.NC(CSSCC(N)C(=O)O)C(=O)O.NCC(=O)O.O=C(O)[C@@H]1CCCN1. The molecule has 0 saturated carbocycles. The second-order valence-electron chi connectivity index (χ2n) is 12.9. The van der Waals surface area contributed by atoms with Gasteiger partial charge in [-0.25, -0.2) is 0 Å². The highest BCUT2D eigenvalue weighted by molar-refractivity contribution is 8.76. The molecule has 0 aromatic rings. The van der Waals surface area contributed by atoms with Crippen LogP contribution in [0, 0.1) is 5.92 Å². The molecule has 8 unspecified atom stereocenters. The van der Waals surface area contributed by atoms with Gasteiger partial charge in [0.15, 0.2) is 0 Å².